The van der Waals surface area contributed by atoms with Crippen molar-refractivity contribution in [1.29, 1.82) is 0 Å². The smallest absolute Gasteiger partial charge is 0.244 e. The Bertz CT molecular complexity index is 549. The highest BCUT2D eigenvalue weighted by Gasteiger charge is 1.99. The lowest BCUT2D eigenvalue weighted by molar-refractivity contribution is -0.116. The number of benzene rings is 1. The number of thiophene rings is 1. The number of carbonyl (C=O) groups excluding carboxylic acids is 1. The maximum atomic E-state index is 13.3. The van der Waals surface area contributed by atoms with Crippen LogP contribution in [0.3, 0.4) is 0 Å². The monoisotopic (exact) mass is 261 g/mol. The van der Waals surface area contributed by atoms with Crippen molar-refractivity contribution < 1.29 is 9.18 Å². The van der Waals surface area contributed by atoms with Crippen LogP contribution in [0.25, 0.3) is 6.08 Å². The molecular formula is C14H12FNOS. The van der Waals surface area contributed by atoms with E-state index in [1.165, 1.54) is 18.2 Å². The molecule has 1 heterocycles. The van der Waals surface area contributed by atoms with Gasteiger partial charge in [0.15, 0.2) is 0 Å². The molecule has 0 aliphatic carbocycles. The van der Waals surface area contributed by atoms with Crippen LogP contribution in [0, 0.1) is 5.82 Å². The maximum absolute atomic E-state index is 13.3. The summed E-state index contributed by atoms with van der Waals surface area (Å²) >= 11 is 1.58. The van der Waals surface area contributed by atoms with Crippen molar-refractivity contribution in [2.75, 3.05) is 0 Å². The molecule has 0 unspecified atom stereocenters. The molecule has 1 aromatic carbocycles. The third-order valence-corrected chi connectivity index (χ3v) is 3.21. The van der Waals surface area contributed by atoms with Crippen molar-refractivity contribution in [2.45, 2.75) is 6.54 Å². The number of carbonyl (C=O) groups is 1. The zero-order valence-electron chi connectivity index (χ0n) is 9.60. The minimum absolute atomic E-state index is 0.230. The van der Waals surface area contributed by atoms with Crippen LogP contribution in [0.15, 0.2) is 47.9 Å². The van der Waals surface area contributed by atoms with E-state index in [9.17, 15) is 9.18 Å². The van der Waals surface area contributed by atoms with Crippen molar-refractivity contribution in [2.24, 2.45) is 0 Å². The van der Waals surface area contributed by atoms with Gasteiger partial charge in [0.1, 0.15) is 5.82 Å². The molecule has 2 nitrogen and oxygen atoms in total. The Balaban J connectivity index is 1.89. The van der Waals surface area contributed by atoms with Crippen LogP contribution in [0.2, 0.25) is 0 Å². The first-order valence-corrected chi connectivity index (χ1v) is 6.36. The van der Waals surface area contributed by atoms with Gasteiger partial charge in [-0.25, -0.2) is 4.39 Å². The minimum Gasteiger partial charge on any atom is -0.348 e. The molecule has 0 spiro atoms. The SMILES string of the molecule is O=C(/C=C/c1ccccc1F)NCc1cccs1. The van der Waals surface area contributed by atoms with Gasteiger partial charge in [-0.05, 0) is 23.6 Å². The standard InChI is InChI=1S/C14H12FNOS/c15-13-6-2-1-4-11(13)7-8-14(17)16-10-12-5-3-9-18-12/h1-9H,10H2,(H,16,17)/b8-7+. The second-order valence-corrected chi connectivity index (χ2v) is 4.68. The highest BCUT2D eigenvalue weighted by Crippen LogP contribution is 2.09. The molecule has 0 radical (unpaired) electrons. The van der Waals surface area contributed by atoms with E-state index in [0.29, 0.717) is 12.1 Å². The van der Waals surface area contributed by atoms with Crippen molar-refractivity contribution in [3.63, 3.8) is 0 Å². The van der Waals surface area contributed by atoms with Crippen LogP contribution in [0.5, 0.6) is 0 Å². The summed E-state index contributed by atoms with van der Waals surface area (Å²) in [5.41, 5.74) is 0.406. The van der Waals surface area contributed by atoms with Crippen LogP contribution < -0.4 is 5.32 Å². The Morgan fingerprint density at radius 3 is 2.83 bits per heavy atom. The molecule has 1 amide bonds. The van der Waals surface area contributed by atoms with Gasteiger partial charge in [0.2, 0.25) is 5.91 Å². The largest absolute Gasteiger partial charge is 0.348 e. The maximum Gasteiger partial charge on any atom is 0.244 e. The fourth-order valence-corrected chi connectivity index (χ4v) is 2.07. The van der Waals surface area contributed by atoms with E-state index >= 15 is 0 Å². The minimum atomic E-state index is -0.334. The lowest BCUT2D eigenvalue weighted by Gasteiger charge is -1.99. The van der Waals surface area contributed by atoms with Gasteiger partial charge in [0.05, 0.1) is 6.54 Å². The normalized spacial score (nSPS) is 10.7. The Labute approximate surface area is 109 Å². The van der Waals surface area contributed by atoms with E-state index in [2.05, 4.69) is 5.32 Å². The van der Waals surface area contributed by atoms with E-state index < -0.39 is 0 Å². The van der Waals surface area contributed by atoms with Crippen molar-refractivity contribution in [1.82, 2.24) is 5.32 Å². The van der Waals surface area contributed by atoms with E-state index in [4.69, 9.17) is 0 Å². The number of amides is 1. The van der Waals surface area contributed by atoms with Crippen LogP contribution in [-0.4, -0.2) is 5.91 Å². The average molecular weight is 261 g/mol. The van der Waals surface area contributed by atoms with E-state index in [1.54, 1.807) is 29.5 Å². The topological polar surface area (TPSA) is 29.1 Å². The first-order valence-electron chi connectivity index (χ1n) is 5.48. The molecule has 4 heteroatoms. The summed E-state index contributed by atoms with van der Waals surface area (Å²) in [6, 6.07) is 10.2. The van der Waals surface area contributed by atoms with Gasteiger partial charge >= 0.3 is 0 Å². The summed E-state index contributed by atoms with van der Waals surface area (Å²) in [6.45, 7) is 0.498. The zero-order chi connectivity index (χ0) is 12.8. The summed E-state index contributed by atoms with van der Waals surface area (Å²) in [6.07, 6.45) is 2.81. The third-order valence-electron chi connectivity index (χ3n) is 2.34. The van der Waals surface area contributed by atoms with Crippen LogP contribution in [0.4, 0.5) is 4.39 Å². The summed E-state index contributed by atoms with van der Waals surface area (Å²) < 4.78 is 13.3. The quantitative estimate of drug-likeness (QED) is 0.841. The van der Waals surface area contributed by atoms with Crippen molar-refractivity contribution in [3.05, 3.63) is 64.1 Å². The van der Waals surface area contributed by atoms with E-state index in [0.717, 1.165) is 4.88 Å². The van der Waals surface area contributed by atoms with E-state index in [-0.39, 0.29) is 11.7 Å². The van der Waals surface area contributed by atoms with Gasteiger partial charge in [-0.2, -0.15) is 0 Å². The molecule has 0 bridgehead atoms. The first-order chi connectivity index (χ1) is 8.75. The average Bonchev–Trinajstić information content (AvgIpc) is 2.88. The molecule has 1 N–H and O–H groups in total. The fraction of sp³-hybridized carbons (Fsp3) is 0.0714. The van der Waals surface area contributed by atoms with E-state index in [1.807, 2.05) is 17.5 Å². The van der Waals surface area contributed by atoms with Crippen LogP contribution in [0.1, 0.15) is 10.4 Å². The highest BCUT2D eigenvalue weighted by molar-refractivity contribution is 7.09. The second-order valence-electron chi connectivity index (χ2n) is 3.65. The Morgan fingerprint density at radius 2 is 2.11 bits per heavy atom. The zero-order valence-corrected chi connectivity index (χ0v) is 10.4. The first kappa shape index (κ1) is 12.5. The predicted octanol–water partition coefficient (Wildman–Crippen LogP) is 3.22. The van der Waals surface area contributed by atoms with Gasteiger partial charge < -0.3 is 5.32 Å². The van der Waals surface area contributed by atoms with Gasteiger partial charge in [-0.1, -0.05) is 24.3 Å². The number of hydrogen-bond acceptors (Lipinski definition) is 2. The van der Waals surface area contributed by atoms with Crippen LogP contribution >= 0.6 is 11.3 Å². The summed E-state index contributed by atoms with van der Waals surface area (Å²) in [5, 5.41) is 4.69. The van der Waals surface area contributed by atoms with Crippen molar-refractivity contribution in [3.8, 4) is 0 Å². The number of halogens is 1. The van der Waals surface area contributed by atoms with Gasteiger partial charge in [0, 0.05) is 16.5 Å². The Morgan fingerprint density at radius 1 is 1.28 bits per heavy atom. The molecule has 18 heavy (non-hydrogen) atoms. The Kier molecular flexibility index (Phi) is 4.25. The molecule has 2 rings (SSSR count). The Hall–Kier alpha value is -1.94. The second kappa shape index (κ2) is 6.12. The molecule has 0 atom stereocenters. The molecule has 2 aromatic rings. The summed E-state index contributed by atoms with van der Waals surface area (Å²) in [4.78, 5) is 12.6. The molecule has 0 aliphatic heterocycles. The lowest BCUT2D eigenvalue weighted by atomic mass is 10.2. The summed E-state index contributed by atoms with van der Waals surface area (Å²) in [7, 11) is 0. The van der Waals surface area contributed by atoms with Crippen molar-refractivity contribution >= 4 is 23.3 Å². The molecule has 0 saturated heterocycles. The molecular weight excluding hydrogens is 249 g/mol. The molecule has 1 aromatic heterocycles. The molecule has 0 fully saturated rings. The lowest BCUT2D eigenvalue weighted by Crippen LogP contribution is -2.19. The summed E-state index contributed by atoms with van der Waals surface area (Å²) in [5.74, 6) is -0.563. The van der Waals surface area contributed by atoms with Gasteiger partial charge in [-0.15, -0.1) is 11.3 Å². The van der Waals surface area contributed by atoms with Gasteiger partial charge in [-0.3, -0.25) is 4.79 Å². The fourth-order valence-electron chi connectivity index (χ4n) is 1.42. The third kappa shape index (κ3) is 3.53. The molecule has 92 valence electrons. The molecule has 0 aliphatic rings. The molecule has 0 saturated carbocycles. The number of rotatable bonds is 4. The predicted molar refractivity (Wildman–Crippen MR) is 71.6 cm³/mol. The number of hydrogen-bond donors (Lipinski definition) is 1. The van der Waals surface area contributed by atoms with Crippen LogP contribution in [-0.2, 0) is 11.3 Å². The number of nitrogens with one attached hydrogen (secondary N) is 1. The highest BCUT2D eigenvalue weighted by atomic mass is 32.1. The van der Waals surface area contributed by atoms with Gasteiger partial charge in [0.25, 0.3) is 0 Å².